The van der Waals surface area contributed by atoms with Gasteiger partial charge in [0, 0.05) is 10.3 Å². The summed E-state index contributed by atoms with van der Waals surface area (Å²) in [7, 11) is 0. The van der Waals surface area contributed by atoms with E-state index in [4.69, 9.17) is 5.73 Å². The molecule has 0 atom stereocenters. The molecule has 0 fully saturated rings. The molecule has 0 spiro atoms. The summed E-state index contributed by atoms with van der Waals surface area (Å²) in [5.41, 5.74) is 6.79. The first-order valence-electron chi connectivity index (χ1n) is 5.60. The molecule has 0 saturated carbocycles. The Morgan fingerprint density at radius 2 is 2.29 bits per heavy atom. The van der Waals surface area contributed by atoms with Crippen LogP contribution < -0.4 is 5.73 Å². The van der Waals surface area contributed by atoms with Crippen LogP contribution in [0.4, 0.5) is 5.82 Å². The molecule has 3 rings (SSSR count). The Bertz CT molecular complexity index is 610. The Labute approximate surface area is 104 Å². The normalized spacial score (nSPS) is 15.2. The molecule has 0 bridgehead atoms. The van der Waals surface area contributed by atoms with Crippen LogP contribution in [-0.4, -0.2) is 10.2 Å². The number of benzene rings is 1. The second-order valence-electron chi connectivity index (χ2n) is 4.02. The Balaban J connectivity index is 1.92. The summed E-state index contributed by atoms with van der Waals surface area (Å²) in [4.78, 5) is 2.61. The molecule has 0 unspecified atom stereocenters. The minimum absolute atomic E-state index is 0.569. The lowest BCUT2D eigenvalue weighted by molar-refractivity contribution is 1.02. The van der Waals surface area contributed by atoms with Gasteiger partial charge in [0.05, 0.1) is 5.52 Å². The van der Waals surface area contributed by atoms with E-state index in [1.807, 2.05) is 6.07 Å². The quantitative estimate of drug-likeness (QED) is 0.849. The van der Waals surface area contributed by atoms with Crippen molar-refractivity contribution in [1.29, 1.82) is 0 Å². The van der Waals surface area contributed by atoms with Crippen LogP contribution in [0.5, 0.6) is 0 Å². The number of allylic oxidation sites excluding steroid dienone is 4. The summed E-state index contributed by atoms with van der Waals surface area (Å²) in [5.74, 6) is 0.569. The minimum atomic E-state index is 0.569. The topological polar surface area (TPSA) is 54.7 Å². The minimum Gasteiger partial charge on any atom is -0.382 e. The SMILES string of the molecule is Nc1n[nH]c2ccc(SC3=CC=CCC3)cc12. The Morgan fingerprint density at radius 3 is 3.12 bits per heavy atom. The van der Waals surface area contributed by atoms with Crippen LogP contribution in [0.15, 0.2) is 46.2 Å². The number of nitrogen functional groups attached to an aromatic ring is 1. The van der Waals surface area contributed by atoms with Crippen molar-refractivity contribution in [2.45, 2.75) is 17.7 Å². The van der Waals surface area contributed by atoms with Gasteiger partial charge in [-0.05, 0) is 35.9 Å². The monoisotopic (exact) mass is 243 g/mol. The predicted octanol–water partition coefficient (Wildman–Crippen LogP) is 3.47. The zero-order valence-corrected chi connectivity index (χ0v) is 10.1. The van der Waals surface area contributed by atoms with Crippen LogP contribution in [0, 0.1) is 0 Å². The van der Waals surface area contributed by atoms with Crippen molar-refractivity contribution in [2.75, 3.05) is 5.73 Å². The molecule has 86 valence electrons. The lowest BCUT2D eigenvalue weighted by atomic mass is 10.2. The summed E-state index contributed by atoms with van der Waals surface area (Å²) in [6.07, 6.45) is 8.75. The zero-order chi connectivity index (χ0) is 11.7. The van der Waals surface area contributed by atoms with Gasteiger partial charge in [-0.25, -0.2) is 0 Å². The first kappa shape index (κ1) is 10.5. The van der Waals surface area contributed by atoms with E-state index in [1.165, 1.54) is 9.80 Å². The predicted molar refractivity (Wildman–Crippen MR) is 72.8 cm³/mol. The van der Waals surface area contributed by atoms with Crippen LogP contribution in [-0.2, 0) is 0 Å². The van der Waals surface area contributed by atoms with Gasteiger partial charge in [-0.15, -0.1) is 0 Å². The lowest BCUT2D eigenvalue weighted by Gasteiger charge is -2.08. The average molecular weight is 243 g/mol. The molecule has 4 heteroatoms. The van der Waals surface area contributed by atoms with Crippen molar-refractivity contribution in [3.8, 4) is 0 Å². The molecule has 1 aromatic heterocycles. The van der Waals surface area contributed by atoms with E-state index >= 15 is 0 Å². The lowest BCUT2D eigenvalue weighted by Crippen LogP contribution is -1.85. The van der Waals surface area contributed by atoms with Crippen molar-refractivity contribution < 1.29 is 0 Å². The highest BCUT2D eigenvalue weighted by molar-refractivity contribution is 8.03. The van der Waals surface area contributed by atoms with Crippen molar-refractivity contribution in [3.05, 3.63) is 41.3 Å². The van der Waals surface area contributed by atoms with Gasteiger partial charge >= 0.3 is 0 Å². The van der Waals surface area contributed by atoms with Gasteiger partial charge in [0.1, 0.15) is 0 Å². The number of fused-ring (bicyclic) bond motifs is 1. The molecule has 0 aliphatic heterocycles. The van der Waals surface area contributed by atoms with Crippen LogP contribution in [0.25, 0.3) is 10.9 Å². The van der Waals surface area contributed by atoms with E-state index in [1.54, 1.807) is 11.8 Å². The summed E-state index contributed by atoms with van der Waals surface area (Å²) in [6.45, 7) is 0. The fourth-order valence-electron chi connectivity index (χ4n) is 1.89. The molecule has 1 aliphatic rings. The van der Waals surface area contributed by atoms with Gasteiger partial charge in [0.2, 0.25) is 0 Å². The Kier molecular flexibility index (Phi) is 2.65. The number of nitrogens with two attached hydrogens (primary N) is 1. The molecule has 0 amide bonds. The third-order valence-electron chi connectivity index (χ3n) is 2.79. The fraction of sp³-hybridized carbons (Fsp3) is 0.154. The Morgan fingerprint density at radius 1 is 1.35 bits per heavy atom. The second kappa shape index (κ2) is 4.30. The highest BCUT2D eigenvalue weighted by Gasteiger charge is 2.06. The first-order chi connectivity index (χ1) is 8.33. The van der Waals surface area contributed by atoms with Crippen molar-refractivity contribution in [3.63, 3.8) is 0 Å². The van der Waals surface area contributed by atoms with Gasteiger partial charge in [0.15, 0.2) is 5.82 Å². The van der Waals surface area contributed by atoms with Crippen molar-refractivity contribution in [1.82, 2.24) is 10.2 Å². The van der Waals surface area contributed by atoms with E-state index in [9.17, 15) is 0 Å². The summed E-state index contributed by atoms with van der Waals surface area (Å²) in [5, 5.41) is 7.91. The molecule has 3 N–H and O–H groups in total. The summed E-state index contributed by atoms with van der Waals surface area (Å²) >= 11 is 1.80. The summed E-state index contributed by atoms with van der Waals surface area (Å²) in [6, 6.07) is 6.22. The van der Waals surface area contributed by atoms with E-state index < -0.39 is 0 Å². The van der Waals surface area contributed by atoms with E-state index in [-0.39, 0.29) is 0 Å². The number of rotatable bonds is 2. The van der Waals surface area contributed by atoms with E-state index in [0.717, 1.165) is 23.7 Å². The van der Waals surface area contributed by atoms with Crippen molar-refractivity contribution >= 4 is 28.5 Å². The highest BCUT2D eigenvalue weighted by Crippen LogP contribution is 2.33. The van der Waals surface area contributed by atoms with Crippen molar-refractivity contribution in [2.24, 2.45) is 0 Å². The fourth-order valence-corrected chi connectivity index (χ4v) is 2.88. The van der Waals surface area contributed by atoms with Crippen LogP contribution in [0.3, 0.4) is 0 Å². The molecule has 0 radical (unpaired) electrons. The van der Waals surface area contributed by atoms with Crippen LogP contribution >= 0.6 is 11.8 Å². The number of aromatic nitrogens is 2. The molecule has 17 heavy (non-hydrogen) atoms. The maximum absolute atomic E-state index is 5.80. The first-order valence-corrected chi connectivity index (χ1v) is 6.42. The van der Waals surface area contributed by atoms with Crippen LogP contribution in [0.1, 0.15) is 12.8 Å². The van der Waals surface area contributed by atoms with Gasteiger partial charge in [-0.1, -0.05) is 30.0 Å². The Hall–Kier alpha value is -1.68. The second-order valence-corrected chi connectivity index (χ2v) is 5.22. The molecule has 3 nitrogen and oxygen atoms in total. The average Bonchev–Trinajstić information content (AvgIpc) is 2.73. The molecule has 1 heterocycles. The number of H-pyrrole nitrogens is 1. The number of nitrogens with zero attached hydrogens (tertiary/aromatic N) is 1. The third-order valence-corrected chi connectivity index (χ3v) is 3.88. The highest BCUT2D eigenvalue weighted by atomic mass is 32.2. The van der Waals surface area contributed by atoms with E-state index in [0.29, 0.717) is 5.82 Å². The molecule has 1 aromatic carbocycles. The zero-order valence-electron chi connectivity index (χ0n) is 9.31. The number of hydrogen-bond donors (Lipinski definition) is 2. The number of aromatic amines is 1. The maximum Gasteiger partial charge on any atom is 0.153 e. The molecular weight excluding hydrogens is 230 g/mol. The van der Waals surface area contributed by atoms with Crippen LogP contribution in [0.2, 0.25) is 0 Å². The molecule has 2 aromatic rings. The number of nitrogens with one attached hydrogen (secondary N) is 1. The molecular formula is C13H13N3S. The number of hydrogen-bond acceptors (Lipinski definition) is 3. The largest absolute Gasteiger partial charge is 0.382 e. The smallest absolute Gasteiger partial charge is 0.153 e. The maximum atomic E-state index is 5.80. The number of thioether (sulfide) groups is 1. The van der Waals surface area contributed by atoms with Gasteiger partial charge < -0.3 is 5.73 Å². The van der Waals surface area contributed by atoms with E-state index in [2.05, 4.69) is 40.6 Å². The number of anilines is 1. The summed E-state index contributed by atoms with van der Waals surface area (Å²) < 4.78 is 0. The standard InChI is InChI=1S/C13H13N3S/c14-13-11-8-10(6-7-12(11)15-16-13)17-9-4-2-1-3-5-9/h1-2,4,6-8H,3,5H2,(H3,14,15,16). The van der Waals surface area contributed by atoms with Gasteiger partial charge in [0.25, 0.3) is 0 Å². The molecule has 0 saturated heterocycles. The molecule has 1 aliphatic carbocycles. The third kappa shape index (κ3) is 2.08. The van der Waals surface area contributed by atoms with Gasteiger partial charge in [-0.3, -0.25) is 5.10 Å². The van der Waals surface area contributed by atoms with Gasteiger partial charge in [-0.2, -0.15) is 5.10 Å².